The van der Waals surface area contributed by atoms with Crippen LogP contribution in [-0.4, -0.2) is 4.98 Å². The van der Waals surface area contributed by atoms with Crippen LogP contribution in [0.2, 0.25) is 0 Å². The molecule has 1 aromatic heterocycles. The Morgan fingerprint density at radius 1 is 1.20 bits per heavy atom. The largest absolute Gasteiger partial charge is 0.360 e. The highest BCUT2D eigenvalue weighted by Gasteiger charge is 1.95. The van der Waals surface area contributed by atoms with Gasteiger partial charge in [-0.05, 0) is 34.7 Å². The van der Waals surface area contributed by atoms with Crippen molar-refractivity contribution in [3.05, 3.63) is 34.0 Å². The van der Waals surface area contributed by atoms with Crippen molar-refractivity contribution in [1.82, 2.24) is 4.98 Å². The zero-order valence-corrected chi connectivity index (χ0v) is 7.42. The van der Waals surface area contributed by atoms with Crippen LogP contribution in [0.3, 0.4) is 0 Å². The van der Waals surface area contributed by atoms with Crippen molar-refractivity contribution in [2.24, 2.45) is 0 Å². The summed E-state index contributed by atoms with van der Waals surface area (Å²) in [6.07, 6.45) is 1.97. The van der Waals surface area contributed by atoms with Gasteiger partial charge in [-0.25, -0.2) is 0 Å². The quantitative estimate of drug-likeness (QED) is 0.685. The lowest BCUT2D eigenvalue weighted by atomic mass is 10.3. The van der Waals surface area contributed by atoms with Crippen LogP contribution in [0.25, 0.3) is 10.9 Å². The number of nitrogens with one attached hydrogen (secondary N) is 1. The van der Waals surface area contributed by atoms with E-state index in [0.29, 0.717) is 0 Å². The summed E-state index contributed by atoms with van der Waals surface area (Å²) in [5.41, 5.74) is 1.24. The minimum absolute atomic E-state index is 1.24. The third-order valence-electron chi connectivity index (χ3n) is 1.54. The van der Waals surface area contributed by atoms with Gasteiger partial charge in [0.15, 0.2) is 0 Å². The summed E-state index contributed by atoms with van der Waals surface area (Å²) in [6.45, 7) is 0. The predicted molar refractivity (Wildman–Crippen MR) is 51.0 cm³/mol. The monoisotopic (exact) mass is 243 g/mol. The van der Waals surface area contributed by atoms with Crippen LogP contribution in [0.5, 0.6) is 0 Å². The second kappa shape index (κ2) is 2.27. The summed E-state index contributed by atoms with van der Waals surface area (Å²) in [5, 5.41) is 1.28. The van der Waals surface area contributed by atoms with Gasteiger partial charge >= 0.3 is 0 Å². The van der Waals surface area contributed by atoms with E-state index in [2.05, 4.69) is 51.8 Å². The Bertz CT molecular complexity index is 351. The topological polar surface area (TPSA) is 15.8 Å². The molecule has 1 N–H and O–H groups in total. The van der Waals surface area contributed by atoms with Gasteiger partial charge in [0.1, 0.15) is 0 Å². The summed E-state index contributed by atoms with van der Waals surface area (Å²) in [7, 11) is 0. The minimum atomic E-state index is 1.24. The molecule has 0 radical (unpaired) electrons. The van der Waals surface area contributed by atoms with Crippen LogP contribution in [0.15, 0.2) is 30.5 Å². The summed E-state index contributed by atoms with van der Waals surface area (Å²) in [4.78, 5) is 3.18. The first-order valence-electron chi connectivity index (χ1n) is 3.09. The van der Waals surface area contributed by atoms with Crippen molar-refractivity contribution in [3.63, 3.8) is 0 Å². The van der Waals surface area contributed by atoms with Crippen LogP contribution >= 0.6 is 22.6 Å². The Morgan fingerprint density at radius 3 is 2.90 bits per heavy atom. The minimum Gasteiger partial charge on any atom is -0.360 e. The maximum atomic E-state index is 3.18. The van der Waals surface area contributed by atoms with E-state index in [4.69, 9.17) is 0 Å². The molecular weight excluding hydrogens is 237 g/mol. The van der Waals surface area contributed by atoms with Gasteiger partial charge in [-0.3, -0.25) is 0 Å². The number of aromatic amines is 1. The molecule has 0 fully saturated rings. The Morgan fingerprint density at radius 2 is 2.10 bits per heavy atom. The molecule has 2 aromatic rings. The van der Waals surface area contributed by atoms with Gasteiger partial charge in [-0.1, -0.05) is 12.1 Å². The number of hydrogen-bond donors (Lipinski definition) is 1. The lowest BCUT2D eigenvalue weighted by Crippen LogP contribution is -1.71. The molecule has 2 rings (SSSR count). The molecule has 1 heterocycles. The molecule has 0 spiro atoms. The van der Waals surface area contributed by atoms with Crippen molar-refractivity contribution in [3.8, 4) is 0 Å². The Balaban J connectivity index is 2.95. The molecule has 0 bridgehead atoms. The number of hydrogen-bond acceptors (Lipinski definition) is 0. The molecule has 0 saturated heterocycles. The third kappa shape index (κ3) is 0.831. The fourth-order valence-electron chi connectivity index (χ4n) is 1.05. The standard InChI is InChI=1S/C8H6IN/c9-7-3-1-2-6-4-5-10-8(6)7/h1-5,10H. The molecule has 0 saturated carbocycles. The molecule has 10 heavy (non-hydrogen) atoms. The predicted octanol–water partition coefficient (Wildman–Crippen LogP) is 2.77. The molecule has 0 unspecified atom stereocenters. The van der Waals surface area contributed by atoms with Crippen LogP contribution in [0, 0.1) is 3.57 Å². The number of rotatable bonds is 0. The van der Waals surface area contributed by atoms with Crippen LogP contribution in [-0.2, 0) is 0 Å². The molecule has 1 aromatic carbocycles. The Hall–Kier alpha value is -0.510. The van der Waals surface area contributed by atoms with Crippen molar-refractivity contribution < 1.29 is 0 Å². The number of fused-ring (bicyclic) bond motifs is 1. The van der Waals surface area contributed by atoms with Gasteiger partial charge in [-0.15, -0.1) is 0 Å². The third-order valence-corrected chi connectivity index (χ3v) is 2.44. The highest BCUT2D eigenvalue weighted by molar-refractivity contribution is 14.1. The first-order chi connectivity index (χ1) is 4.88. The van der Waals surface area contributed by atoms with Crippen molar-refractivity contribution in [2.75, 3.05) is 0 Å². The molecule has 0 atom stereocenters. The SMILES string of the molecule is Ic1cccc2cc[nH]c12. The van der Waals surface area contributed by atoms with E-state index in [-0.39, 0.29) is 0 Å². The molecule has 1 nitrogen and oxygen atoms in total. The van der Waals surface area contributed by atoms with Crippen LogP contribution < -0.4 is 0 Å². The second-order valence-electron chi connectivity index (χ2n) is 2.18. The smallest absolute Gasteiger partial charge is 0.0589 e. The fraction of sp³-hybridized carbons (Fsp3) is 0. The summed E-state index contributed by atoms with van der Waals surface area (Å²) in [6, 6.07) is 8.35. The number of para-hydroxylation sites is 1. The van der Waals surface area contributed by atoms with E-state index in [1.807, 2.05) is 6.20 Å². The van der Waals surface area contributed by atoms with Crippen molar-refractivity contribution >= 4 is 33.5 Å². The van der Waals surface area contributed by atoms with Gasteiger partial charge in [-0.2, -0.15) is 0 Å². The molecular formula is C8H6IN. The highest BCUT2D eigenvalue weighted by Crippen LogP contribution is 2.17. The normalized spacial score (nSPS) is 10.5. The molecule has 0 aliphatic carbocycles. The Kier molecular flexibility index (Phi) is 1.41. The average molecular weight is 243 g/mol. The first-order valence-corrected chi connectivity index (χ1v) is 4.17. The van der Waals surface area contributed by atoms with Gasteiger partial charge in [0, 0.05) is 15.2 Å². The summed E-state index contributed by atoms with van der Waals surface area (Å²) in [5.74, 6) is 0. The molecule has 0 aliphatic rings. The lowest BCUT2D eigenvalue weighted by Gasteiger charge is -1.90. The van der Waals surface area contributed by atoms with Crippen molar-refractivity contribution in [1.29, 1.82) is 0 Å². The summed E-state index contributed by atoms with van der Waals surface area (Å²) < 4.78 is 1.28. The lowest BCUT2D eigenvalue weighted by molar-refractivity contribution is 1.46. The molecule has 2 heteroatoms. The van der Waals surface area contributed by atoms with Gasteiger partial charge in [0.05, 0.1) is 5.52 Å². The van der Waals surface area contributed by atoms with E-state index in [9.17, 15) is 0 Å². The zero-order valence-electron chi connectivity index (χ0n) is 5.26. The number of halogens is 1. The van der Waals surface area contributed by atoms with E-state index in [0.717, 1.165) is 0 Å². The number of aromatic nitrogens is 1. The van der Waals surface area contributed by atoms with Crippen LogP contribution in [0.1, 0.15) is 0 Å². The molecule has 0 aliphatic heterocycles. The van der Waals surface area contributed by atoms with Crippen molar-refractivity contribution in [2.45, 2.75) is 0 Å². The maximum absolute atomic E-state index is 3.18. The Labute approximate surface area is 72.6 Å². The molecule has 50 valence electrons. The number of benzene rings is 1. The maximum Gasteiger partial charge on any atom is 0.0589 e. The highest BCUT2D eigenvalue weighted by atomic mass is 127. The molecule has 0 amide bonds. The average Bonchev–Trinajstić information content (AvgIpc) is 2.36. The van der Waals surface area contributed by atoms with Gasteiger partial charge in [0.2, 0.25) is 0 Å². The first kappa shape index (κ1) is 6.22. The van der Waals surface area contributed by atoms with Gasteiger partial charge in [0.25, 0.3) is 0 Å². The van der Waals surface area contributed by atoms with E-state index < -0.39 is 0 Å². The zero-order chi connectivity index (χ0) is 6.97. The fourth-order valence-corrected chi connectivity index (χ4v) is 1.72. The summed E-state index contributed by atoms with van der Waals surface area (Å²) >= 11 is 2.32. The van der Waals surface area contributed by atoms with E-state index in [1.165, 1.54) is 14.5 Å². The number of H-pyrrole nitrogens is 1. The second-order valence-corrected chi connectivity index (χ2v) is 3.34. The van der Waals surface area contributed by atoms with Crippen LogP contribution in [0.4, 0.5) is 0 Å². The van der Waals surface area contributed by atoms with E-state index in [1.54, 1.807) is 0 Å². The van der Waals surface area contributed by atoms with E-state index >= 15 is 0 Å². The van der Waals surface area contributed by atoms with Gasteiger partial charge < -0.3 is 4.98 Å².